The largest absolute Gasteiger partial charge is 0.504 e. The lowest BCUT2D eigenvalue weighted by Crippen LogP contribution is -2.29. The fourth-order valence-corrected chi connectivity index (χ4v) is 1.62. The summed E-state index contributed by atoms with van der Waals surface area (Å²) in [4.78, 5) is 0. The second kappa shape index (κ2) is 3.19. The van der Waals surface area contributed by atoms with Gasteiger partial charge >= 0.3 is 0 Å². The SMILES string of the molecule is C=CCc1ccc2c(c1O)OC(C)(C)O2. The Balaban J connectivity index is 2.43. The number of phenols is 1. The maximum Gasteiger partial charge on any atom is 0.246 e. The number of benzene rings is 1. The number of allylic oxidation sites excluding steroid dienone is 1. The summed E-state index contributed by atoms with van der Waals surface area (Å²) >= 11 is 0. The van der Waals surface area contributed by atoms with Crippen molar-refractivity contribution in [2.75, 3.05) is 0 Å². The Morgan fingerprint density at radius 3 is 2.80 bits per heavy atom. The molecule has 2 rings (SSSR count). The Bertz CT molecular complexity index is 408. The summed E-state index contributed by atoms with van der Waals surface area (Å²) in [6.07, 6.45) is 2.35. The maximum atomic E-state index is 9.92. The lowest BCUT2D eigenvalue weighted by molar-refractivity contribution is -0.0439. The van der Waals surface area contributed by atoms with Crippen molar-refractivity contribution in [1.82, 2.24) is 0 Å². The predicted molar refractivity (Wildman–Crippen MR) is 57.3 cm³/mol. The van der Waals surface area contributed by atoms with Crippen molar-refractivity contribution in [3.05, 3.63) is 30.4 Å². The lowest BCUT2D eigenvalue weighted by Gasteiger charge is -2.16. The van der Waals surface area contributed by atoms with E-state index >= 15 is 0 Å². The summed E-state index contributed by atoms with van der Waals surface area (Å²) in [6.45, 7) is 7.25. The van der Waals surface area contributed by atoms with E-state index in [0.717, 1.165) is 5.56 Å². The normalized spacial score (nSPS) is 16.4. The number of fused-ring (bicyclic) bond motifs is 1. The van der Waals surface area contributed by atoms with Gasteiger partial charge < -0.3 is 14.6 Å². The molecule has 1 aromatic carbocycles. The van der Waals surface area contributed by atoms with Crippen LogP contribution >= 0.6 is 0 Å². The van der Waals surface area contributed by atoms with E-state index in [1.54, 1.807) is 19.9 Å². The highest BCUT2D eigenvalue weighted by atomic mass is 16.7. The van der Waals surface area contributed by atoms with Crippen molar-refractivity contribution in [1.29, 1.82) is 0 Å². The van der Waals surface area contributed by atoms with Crippen LogP contribution < -0.4 is 9.47 Å². The molecule has 0 fully saturated rings. The van der Waals surface area contributed by atoms with Crippen LogP contribution in [-0.4, -0.2) is 10.9 Å². The lowest BCUT2D eigenvalue weighted by atomic mass is 10.1. The summed E-state index contributed by atoms with van der Waals surface area (Å²) < 4.78 is 11.0. The van der Waals surface area contributed by atoms with Crippen LogP contribution in [0.1, 0.15) is 19.4 Å². The van der Waals surface area contributed by atoms with Gasteiger partial charge in [0.1, 0.15) is 0 Å². The third-order valence-corrected chi connectivity index (χ3v) is 2.25. The van der Waals surface area contributed by atoms with E-state index in [4.69, 9.17) is 9.47 Å². The molecule has 0 spiro atoms. The zero-order valence-corrected chi connectivity index (χ0v) is 8.91. The summed E-state index contributed by atoms with van der Waals surface area (Å²) in [5.41, 5.74) is 0.796. The zero-order chi connectivity index (χ0) is 11.1. The molecule has 80 valence electrons. The molecule has 0 atom stereocenters. The fourth-order valence-electron chi connectivity index (χ4n) is 1.62. The van der Waals surface area contributed by atoms with Crippen LogP contribution in [0.4, 0.5) is 0 Å². The highest BCUT2D eigenvalue weighted by Gasteiger charge is 2.34. The van der Waals surface area contributed by atoms with Gasteiger partial charge in [0.15, 0.2) is 11.5 Å². The smallest absolute Gasteiger partial charge is 0.246 e. The number of aromatic hydroxyl groups is 1. The molecule has 15 heavy (non-hydrogen) atoms. The first-order chi connectivity index (χ1) is 7.03. The predicted octanol–water partition coefficient (Wildman–Crippen LogP) is 2.63. The number of rotatable bonds is 2. The number of phenolic OH excluding ortho intramolecular Hbond substituents is 1. The van der Waals surface area contributed by atoms with Crippen molar-refractivity contribution in [3.8, 4) is 17.2 Å². The van der Waals surface area contributed by atoms with E-state index < -0.39 is 5.79 Å². The average Bonchev–Trinajstić information content (AvgIpc) is 2.46. The van der Waals surface area contributed by atoms with Gasteiger partial charge in [-0.15, -0.1) is 6.58 Å². The van der Waals surface area contributed by atoms with Gasteiger partial charge in [-0.25, -0.2) is 0 Å². The molecule has 1 aliphatic rings. The monoisotopic (exact) mass is 206 g/mol. The van der Waals surface area contributed by atoms with E-state index in [0.29, 0.717) is 17.9 Å². The van der Waals surface area contributed by atoms with Crippen molar-refractivity contribution < 1.29 is 14.6 Å². The third-order valence-electron chi connectivity index (χ3n) is 2.25. The van der Waals surface area contributed by atoms with E-state index in [1.165, 1.54) is 0 Å². The third kappa shape index (κ3) is 1.65. The van der Waals surface area contributed by atoms with Crippen LogP contribution in [-0.2, 0) is 6.42 Å². The summed E-state index contributed by atoms with van der Waals surface area (Å²) in [5.74, 6) is 0.467. The molecule has 0 saturated heterocycles. The van der Waals surface area contributed by atoms with Crippen LogP contribution in [0.3, 0.4) is 0 Å². The van der Waals surface area contributed by atoms with E-state index in [1.807, 2.05) is 12.1 Å². The van der Waals surface area contributed by atoms with Crippen molar-refractivity contribution in [2.45, 2.75) is 26.1 Å². The Kier molecular flexibility index (Phi) is 2.11. The molecule has 1 aliphatic heterocycles. The molecule has 1 heterocycles. The summed E-state index contributed by atoms with van der Waals surface area (Å²) in [7, 11) is 0. The first kappa shape index (κ1) is 9.90. The second-order valence-electron chi connectivity index (χ2n) is 4.00. The first-order valence-electron chi connectivity index (χ1n) is 4.87. The standard InChI is InChI=1S/C12H14O3/c1-4-5-8-6-7-9-11(10(8)13)15-12(2,3)14-9/h4,6-7,13H,1,5H2,2-3H3. The Morgan fingerprint density at radius 2 is 2.13 bits per heavy atom. The number of hydrogen-bond acceptors (Lipinski definition) is 3. The Labute approximate surface area is 88.9 Å². The van der Waals surface area contributed by atoms with Crippen molar-refractivity contribution in [3.63, 3.8) is 0 Å². The molecule has 3 nitrogen and oxygen atoms in total. The molecule has 1 N–H and O–H groups in total. The zero-order valence-electron chi connectivity index (χ0n) is 8.91. The Hall–Kier alpha value is -1.64. The minimum atomic E-state index is -0.702. The summed E-state index contributed by atoms with van der Waals surface area (Å²) in [6, 6.07) is 3.63. The number of hydrogen-bond donors (Lipinski definition) is 1. The molecule has 0 radical (unpaired) electrons. The van der Waals surface area contributed by atoms with Crippen LogP contribution in [0.5, 0.6) is 17.2 Å². The van der Waals surface area contributed by atoms with Gasteiger partial charge in [-0.3, -0.25) is 0 Å². The fraction of sp³-hybridized carbons (Fsp3) is 0.333. The van der Waals surface area contributed by atoms with Gasteiger partial charge in [0.25, 0.3) is 0 Å². The van der Waals surface area contributed by atoms with Crippen molar-refractivity contribution >= 4 is 0 Å². The second-order valence-corrected chi connectivity index (χ2v) is 4.00. The van der Waals surface area contributed by atoms with E-state index in [2.05, 4.69) is 6.58 Å². The van der Waals surface area contributed by atoms with Crippen LogP contribution in [0.25, 0.3) is 0 Å². The minimum Gasteiger partial charge on any atom is -0.504 e. The van der Waals surface area contributed by atoms with Crippen LogP contribution in [0, 0.1) is 0 Å². The van der Waals surface area contributed by atoms with Gasteiger partial charge in [-0.1, -0.05) is 12.1 Å². The Morgan fingerprint density at radius 1 is 1.40 bits per heavy atom. The molecule has 3 heteroatoms. The molecular formula is C12H14O3. The molecule has 0 aromatic heterocycles. The van der Waals surface area contributed by atoms with Gasteiger partial charge in [0.2, 0.25) is 11.5 Å². The summed E-state index contributed by atoms with van der Waals surface area (Å²) in [5, 5.41) is 9.92. The molecule has 0 saturated carbocycles. The maximum absolute atomic E-state index is 9.92. The molecule has 0 bridgehead atoms. The molecular weight excluding hydrogens is 192 g/mol. The van der Waals surface area contributed by atoms with E-state index in [9.17, 15) is 5.11 Å². The highest BCUT2D eigenvalue weighted by molar-refractivity contribution is 5.57. The molecule has 0 amide bonds. The van der Waals surface area contributed by atoms with Gasteiger partial charge in [0, 0.05) is 19.4 Å². The molecule has 0 unspecified atom stereocenters. The van der Waals surface area contributed by atoms with E-state index in [-0.39, 0.29) is 5.75 Å². The van der Waals surface area contributed by atoms with Gasteiger partial charge in [-0.05, 0) is 12.5 Å². The quantitative estimate of drug-likeness (QED) is 0.756. The first-order valence-corrected chi connectivity index (χ1v) is 4.87. The van der Waals surface area contributed by atoms with Gasteiger partial charge in [0.05, 0.1) is 0 Å². The number of ether oxygens (including phenoxy) is 2. The van der Waals surface area contributed by atoms with Crippen LogP contribution in [0.2, 0.25) is 0 Å². The minimum absolute atomic E-state index is 0.151. The van der Waals surface area contributed by atoms with Crippen LogP contribution in [0.15, 0.2) is 24.8 Å². The average molecular weight is 206 g/mol. The van der Waals surface area contributed by atoms with Crippen molar-refractivity contribution in [2.24, 2.45) is 0 Å². The molecule has 1 aromatic rings. The topological polar surface area (TPSA) is 38.7 Å². The van der Waals surface area contributed by atoms with Gasteiger partial charge in [-0.2, -0.15) is 0 Å². The molecule has 0 aliphatic carbocycles. The highest BCUT2D eigenvalue weighted by Crippen LogP contribution is 2.47.